The van der Waals surface area contributed by atoms with Crippen molar-refractivity contribution < 1.29 is 23.9 Å². The van der Waals surface area contributed by atoms with Crippen LogP contribution >= 0.6 is 11.6 Å². The highest BCUT2D eigenvalue weighted by molar-refractivity contribution is 6.30. The van der Waals surface area contributed by atoms with Crippen LogP contribution in [0.1, 0.15) is 44.4 Å². The molecular formula is C28H20ClNO5. The van der Waals surface area contributed by atoms with E-state index in [9.17, 15) is 19.2 Å². The van der Waals surface area contributed by atoms with Gasteiger partial charge in [-0.05, 0) is 46.5 Å². The van der Waals surface area contributed by atoms with Crippen molar-refractivity contribution in [2.75, 3.05) is 13.2 Å². The van der Waals surface area contributed by atoms with Gasteiger partial charge in [0.25, 0.3) is 0 Å². The molecule has 1 fully saturated rings. The minimum absolute atomic E-state index is 0.235. The molecule has 7 heteroatoms. The molecule has 35 heavy (non-hydrogen) atoms. The highest BCUT2D eigenvalue weighted by Gasteiger charge is 2.61. The maximum absolute atomic E-state index is 13.5. The van der Waals surface area contributed by atoms with Gasteiger partial charge < -0.3 is 4.74 Å². The van der Waals surface area contributed by atoms with E-state index in [1.807, 2.05) is 48.5 Å². The predicted octanol–water partition coefficient (Wildman–Crippen LogP) is 3.96. The highest BCUT2D eigenvalue weighted by Crippen LogP contribution is 2.60. The van der Waals surface area contributed by atoms with Gasteiger partial charge in [-0.3, -0.25) is 24.1 Å². The lowest BCUT2D eigenvalue weighted by atomic mass is 9.55. The number of halogens is 1. The van der Waals surface area contributed by atoms with E-state index >= 15 is 0 Å². The van der Waals surface area contributed by atoms with E-state index in [0.717, 1.165) is 27.2 Å². The van der Waals surface area contributed by atoms with E-state index < -0.39 is 36.7 Å². The van der Waals surface area contributed by atoms with Crippen molar-refractivity contribution in [1.29, 1.82) is 0 Å². The molecule has 2 atom stereocenters. The molecule has 174 valence electrons. The van der Waals surface area contributed by atoms with E-state index in [0.29, 0.717) is 10.6 Å². The van der Waals surface area contributed by atoms with Gasteiger partial charge in [-0.15, -0.1) is 0 Å². The quantitative estimate of drug-likeness (QED) is 0.310. The van der Waals surface area contributed by atoms with Gasteiger partial charge >= 0.3 is 5.97 Å². The van der Waals surface area contributed by atoms with Crippen LogP contribution in [0.4, 0.5) is 0 Å². The van der Waals surface area contributed by atoms with Crippen LogP contribution < -0.4 is 0 Å². The summed E-state index contributed by atoms with van der Waals surface area (Å²) in [5.74, 6) is -3.49. The number of esters is 1. The smallest absolute Gasteiger partial charge is 0.326 e. The van der Waals surface area contributed by atoms with Crippen LogP contribution in [-0.2, 0) is 19.1 Å². The van der Waals surface area contributed by atoms with Gasteiger partial charge in [0.1, 0.15) is 6.54 Å². The Bertz CT molecular complexity index is 1280. The molecule has 1 aliphatic heterocycles. The third-order valence-corrected chi connectivity index (χ3v) is 7.61. The van der Waals surface area contributed by atoms with Gasteiger partial charge in [-0.2, -0.15) is 0 Å². The molecule has 1 heterocycles. The molecule has 7 rings (SSSR count). The summed E-state index contributed by atoms with van der Waals surface area (Å²) in [4.78, 5) is 52.9. The number of hydrogen-bond acceptors (Lipinski definition) is 5. The Morgan fingerprint density at radius 2 is 1.20 bits per heavy atom. The Morgan fingerprint density at radius 1 is 0.743 bits per heavy atom. The Balaban J connectivity index is 1.23. The largest absolute Gasteiger partial charge is 0.456 e. The monoisotopic (exact) mass is 485 g/mol. The second kappa shape index (κ2) is 8.17. The molecule has 3 aliphatic carbocycles. The summed E-state index contributed by atoms with van der Waals surface area (Å²) in [7, 11) is 0. The number of ether oxygens (including phenoxy) is 1. The summed E-state index contributed by atoms with van der Waals surface area (Å²) < 4.78 is 5.13. The van der Waals surface area contributed by atoms with Crippen molar-refractivity contribution in [3.05, 3.63) is 106 Å². The van der Waals surface area contributed by atoms with E-state index in [1.54, 1.807) is 24.3 Å². The normalized spacial score (nSPS) is 23.5. The SMILES string of the molecule is O=C(CN1C(=O)[C@@H]2C3c4ccccc4C(c4ccccc43)[C@H]2C1=O)OCC(=O)c1ccc(Cl)cc1. The van der Waals surface area contributed by atoms with Crippen molar-refractivity contribution >= 4 is 35.2 Å². The molecule has 0 saturated carbocycles. The first-order valence-corrected chi connectivity index (χ1v) is 11.8. The fourth-order valence-electron chi connectivity index (χ4n) is 5.93. The van der Waals surface area contributed by atoms with Crippen molar-refractivity contribution in [3.63, 3.8) is 0 Å². The summed E-state index contributed by atoms with van der Waals surface area (Å²) in [6.07, 6.45) is 0. The molecule has 0 aromatic heterocycles. The number of Topliss-reactive ketones (excluding diaryl/α,β-unsaturated/α-hetero) is 1. The van der Waals surface area contributed by atoms with E-state index in [1.165, 1.54) is 0 Å². The summed E-state index contributed by atoms with van der Waals surface area (Å²) in [5.41, 5.74) is 4.62. The number of amides is 2. The number of nitrogens with zero attached hydrogens (tertiary/aromatic N) is 1. The summed E-state index contributed by atoms with van der Waals surface area (Å²) >= 11 is 5.84. The van der Waals surface area contributed by atoms with Crippen LogP contribution in [-0.4, -0.2) is 41.6 Å². The summed E-state index contributed by atoms with van der Waals surface area (Å²) in [6, 6.07) is 22.1. The fraction of sp³-hybridized carbons (Fsp3) is 0.214. The zero-order chi connectivity index (χ0) is 24.3. The third kappa shape index (κ3) is 3.32. The first-order valence-electron chi connectivity index (χ1n) is 11.4. The van der Waals surface area contributed by atoms with Gasteiger partial charge in [0, 0.05) is 22.4 Å². The molecule has 0 unspecified atom stereocenters. The molecule has 0 radical (unpaired) electrons. The first kappa shape index (κ1) is 21.7. The molecule has 2 amide bonds. The number of likely N-dealkylation sites (tertiary alicyclic amines) is 1. The number of carbonyl (C=O) groups is 4. The van der Waals surface area contributed by atoms with Gasteiger partial charge in [-0.1, -0.05) is 60.1 Å². The Morgan fingerprint density at radius 3 is 1.66 bits per heavy atom. The van der Waals surface area contributed by atoms with Crippen molar-refractivity contribution in [2.45, 2.75) is 11.8 Å². The summed E-state index contributed by atoms with van der Waals surface area (Å²) in [5, 5.41) is 0.490. The third-order valence-electron chi connectivity index (χ3n) is 7.36. The zero-order valence-corrected chi connectivity index (χ0v) is 19.3. The fourth-order valence-corrected chi connectivity index (χ4v) is 6.06. The molecule has 3 aromatic rings. The lowest BCUT2D eigenvalue weighted by molar-refractivity contribution is -0.152. The Kier molecular flexibility index (Phi) is 5.07. The van der Waals surface area contributed by atoms with Crippen LogP contribution in [0.25, 0.3) is 0 Å². The number of hydrogen-bond donors (Lipinski definition) is 0. The molecular weight excluding hydrogens is 466 g/mol. The van der Waals surface area contributed by atoms with Crippen LogP contribution in [0.5, 0.6) is 0 Å². The summed E-state index contributed by atoms with van der Waals surface area (Å²) in [6.45, 7) is -0.990. The second-order valence-electron chi connectivity index (χ2n) is 9.12. The highest BCUT2D eigenvalue weighted by atomic mass is 35.5. The molecule has 4 aliphatic rings. The zero-order valence-electron chi connectivity index (χ0n) is 18.5. The van der Waals surface area contributed by atoms with Gasteiger partial charge in [0.2, 0.25) is 11.8 Å². The topological polar surface area (TPSA) is 80.8 Å². The van der Waals surface area contributed by atoms with Gasteiger partial charge in [0.15, 0.2) is 12.4 Å². The van der Waals surface area contributed by atoms with Crippen LogP contribution in [0.3, 0.4) is 0 Å². The number of carbonyl (C=O) groups excluding carboxylic acids is 4. The molecule has 1 saturated heterocycles. The van der Waals surface area contributed by atoms with Crippen LogP contribution in [0, 0.1) is 11.8 Å². The lowest BCUT2D eigenvalue weighted by Crippen LogP contribution is -2.41. The number of rotatable bonds is 5. The van der Waals surface area contributed by atoms with Crippen LogP contribution in [0.15, 0.2) is 72.8 Å². The standard InChI is InChI=1S/C28H20ClNO5/c29-16-11-9-15(10-12-16)21(31)14-35-22(32)13-30-27(33)25-23-17-5-1-2-6-18(17)24(26(25)28(30)34)20-8-4-3-7-19(20)23/h1-12,23-26H,13-14H2/t23?,24?,25-,26-/m1/s1. The van der Waals surface area contributed by atoms with Crippen LogP contribution in [0.2, 0.25) is 5.02 Å². The molecule has 2 bridgehead atoms. The van der Waals surface area contributed by atoms with Crippen molar-refractivity contribution in [2.24, 2.45) is 11.8 Å². The Labute approximate surface area is 206 Å². The minimum Gasteiger partial charge on any atom is -0.456 e. The van der Waals surface area contributed by atoms with Gasteiger partial charge in [-0.25, -0.2) is 0 Å². The number of benzene rings is 3. The first-order chi connectivity index (χ1) is 17.0. The number of ketones is 1. The molecule has 0 spiro atoms. The lowest BCUT2D eigenvalue weighted by Gasteiger charge is -2.45. The molecule has 3 aromatic carbocycles. The van der Waals surface area contributed by atoms with E-state index in [4.69, 9.17) is 16.3 Å². The van der Waals surface area contributed by atoms with E-state index in [2.05, 4.69) is 0 Å². The minimum atomic E-state index is -0.796. The maximum Gasteiger partial charge on any atom is 0.326 e. The number of imide groups is 1. The Hall–Kier alpha value is -3.77. The van der Waals surface area contributed by atoms with Crippen molar-refractivity contribution in [1.82, 2.24) is 4.90 Å². The van der Waals surface area contributed by atoms with Crippen molar-refractivity contribution in [3.8, 4) is 0 Å². The molecule has 0 N–H and O–H groups in total. The van der Waals surface area contributed by atoms with Gasteiger partial charge in [0.05, 0.1) is 11.8 Å². The predicted molar refractivity (Wildman–Crippen MR) is 127 cm³/mol. The average molecular weight is 486 g/mol. The second-order valence-corrected chi connectivity index (χ2v) is 9.55. The molecule has 6 nitrogen and oxygen atoms in total. The average Bonchev–Trinajstić information content (AvgIpc) is 3.13. The van der Waals surface area contributed by atoms with E-state index in [-0.39, 0.29) is 23.7 Å². The maximum atomic E-state index is 13.5.